The van der Waals surface area contributed by atoms with Crippen LogP contribution in [0.3, 0.4) is 0 Å². The van der Waals surface area contributed by atoms with Crippen molar-refractivity contribution in [2.24, 2.45) is 0 Å². The van der Waals surface area contributed by atoms with Crippen LogP contribution in [0.25, 0.3) is 5.69 Å². The van der Waals surface area contributed by atoms with E-state index >= 15 is 0 Å². The van der Waals surface area contributed by atoms with Gasteiger partial charge in [-0.1, -0.05) is 0 Å². The highest BCUT2D eigenvalue weighted by atomic mass is 79.9. The van der Waals surface area contributed by atoms with Gasteiger partial charge in [0.2, 0.25) is 0 Å². The molecule has 0 spiro atoms. The first kappa shape index (κ1) is 13.6. The van der Waals surface area contributed by atoms with Gasteiger partial charge in [0.05, 0.1) is 23.9 Å². The van der Waals surface area contributed by atoms with Crippen LogP contribution in [0.5, 0.6) is 5.75 Å². The predicted octanol–water partition coefficient (Wildman–Crippen LogP) is 2.82. The van der Waals surface area contributed by atoms with Crippen LogP contribution in [0.15, 0.2) is 35.2 Å². The number of halogens is 1. The van der Waals surface area contributed by atoms with E-state index in [1.165, 1.54) is 0 Å². The lowest BCUT2D eigenvalue weighted by Gasteiger charge is -2.06. The minimum atomic E-state index is -0.426. The van der Waals surface area contributed by atoms with E-state index in [2.05, 4.69) is 20.9 Å². The summed E-state index contributed by atoms with van der Waals surface area (Å²) in [6.07, 6.45) is 3.19. The number of hydrogen-bond donors (Lipinski definition) is 0. The summed E-state index contributed by atoms with van der Waals surface area (Å²) in [5, 5.41) is 0. The summed E-state index contributed by atoms with van der Waals surface area (Å²) in [6, 6.07) is 5.61. The molecule has 0 saturated heterocycles. The highest BCUT2D eigenvalue weighted by Gasteiger charge is 2.11. The lowest BCUT2D eigenvalue weighted by molar-refractivity contribution is 0.0520. The molecule has 100 valence electrons. The molecular weight excluding hydrogens is 312 g/mol. The second-order valence-electron chi connectivity index (χ2n) is 3.71. The van der Waals surface area contributed by atoms with Crippen molar-refractivity contribution in [3.8, 4) is 11.4 Å². The molecule has 0 fully saturated rings. The number of carbonyl (C=O) groups is 1. The molecule has 2 aromatic rings. The monoisotopic (exact) mass is 324 g/mol. The third-order valence-corrected chi connectivity index (χ3v) is 3.16. The summed E-state index contributed by atoms with van der Waals surface area (Å²) >= 11 is 3.39. The highest BCUT2D eigenvalue weighted by molar-refractivity contribution is 9.10. The largest absolute Gasteiger partial charge is 0.495 e. The third-order valence-electron chi connectivity index (χ3n) is 2.50. The van der Waals surface area contributed by atoms with Crippen LogP contribution in [0.1, 0.15) is 17.4 Å². The molecule has 0 bridgehead atoms. The molecule has 0 radical (unpaired) electrons. The normalized spacial score (nSPS) is 10.3. The van der Waals surface area contributed by atoms with Gasteiger partial charge in [-0.3, -0.25) is 0 Å². The second-order valence-corrected chi connectivity index (χ2v) is 4.56. The summed E-state index contributed by atoms with van der Waals surface area (Å²) in [5.41, 5.74) is 1.13. The average Bonchev–Trinajstić information content (AvgIpc) is 2.89. The summed E-state index contributed by atoms with van der Waals surface area (Å²) in [5.74, 6) is 0.286. The zero-order valence-corrected chi connectivity index (χ0v) is 12.2. The summed E-state index contributed by atoms with van der Waals surface area (Å²) in [7, 11) is 1.60. The van der Waals surface area contributed by atoms with Crippen molar-refractivity contribution in [1.29, 1.82) is 0 Å². The van der Waals surface area contributed by atoms with Gasteiger partial charge in [0.25, 0.3) is 0 Å². The molecule has 6 heteroatoms. The van der Waals surface area contributed by atoms with Gasteiger partial charge in [0.15, 0.2) is 5.69 Å². The highest BCUT2D eigenvalue weighted by Crippen LogP contribution is 2.27. The minimum absolute atomic E-state index is 0.281. The molecule has 1 aromatic heterocycles. The zero-order valence-electron chi connectivity index (χ0n) is 10.6. The summed E-state index contributed by atoms with van der Waals surface area (Å²) in [6.45, 7) is 2.09. The molecule has 1 aromatic carbocycles. The Balaban J connectivity index is 2.30. The zero-order chi connectivity index (χ0) is 13.8. The first-order valence-corrected chi connectivity index (χ1v) is 6.50. The number of hydrogen-bond acceptors (Lipinski definition) is 4. The number of benzene rings is 1. The maximum atomic E-state index is 11.5. The fraction of sp³-hybridized carbons (Fsp3) is 0.231. The van der Waals surface area contributed by atoms with Gasteiger partial charge in [-0.05, 0) is 35.0 Å². The van der Waals surface area contributed by atoms with Gasteiger partial charge in [0.1, 0.15) is 12.1 Å². The Morgan fingerprint density at radius 3 is 2.95 bits per heavy atom. The lowest BCUT2D eigenvalue weighted by atomic mass is 10.3. The number of ether oxygens (including phenoxy) is 2. The van der Waals surface area contributed by atoms with E-state index < -0.39 is 5.97 Å². The van der Waals surface area contributed by atoms with E-state index in [4.69, 9.17) is 9.47 Å². The maximum Gasteiger partial charge on any atom is 0.358 e. The van der Waals surface area contributed by atoms with Crippen LogP contribution >= 0.6 is 15.9 Å². The van der Waals surface area contributed by atoms with Crippen LogP contribution in [-0.2, 0) is 4.74 Å². The number of carbonyl (C=O) groups excluding carboxylic acids is 1. The SMILES string of the molecule is CCOC(=O)c1cn(-c2ccc(Br)c(OC)c2)cn1. The summed E-state index contributed by atoms with van der Waals surface area (Å²) < 4.78 is 12.7. The minimum Gasteiger partial charge on any atom is -0.495 e. The average molecular weight is 325 g/mol. The molecule has 1 heterocycles. The number of nitrogens with zero attached hydrogens (tertiary/aromatic N) is 2. The van der Waals surface area contributed by atoms with Crippen molar-refractivity contribution in [2.75, 3.05) is 13.7 Å². The molecule has 0 amide bonds. The van der Waals surface area contributed by atoms with E-state index in [0.717, 1.165) is 10.2 Å². The molecule has 5 nitrogen and oxygen atoms in total. The molecule has 0 aliphatic carbocycles. The van der Waals surface area contributed by atoms with Crippen molar-refractivity contribution in [1.82, 2.24) is 9.55 Å². The number of aromatic nitrogens is 2. The van der Waals surface area contributed by atoms with Crippen LogP contribution in [0.4, 0.5) is 0 Å². The van der Waals surface area contributed by atoms with Crippen molar-refractivity contribution < 1.29 is 14.3 Å². The lowest BCUT2D eigenvalue weighted by Crippen LogP contribution is -2.04. The molecule has 0 unspecified atom stereocenters. The van der Waals surface area contributed by atoms with E-state index in [0.29, 0.717) is 12.4 Å². The van der Waals surface area contributed by atoms with E-state index in [1.807, 2.05) is 18.2 Å². The first-order valence-electron chi connectivity index (χ1n) is 5.70. The van der Waals surface area contributed by atoms with E-state index in [-0.39, 0.29) is 5.69 Å². The topological polar surface area (TPSA) is 53.4 Å². The number of rotatable bonds is 4. The second kappa shape index (κ2) is 5.88. The van der Waals surface area contributed by atoms with Crippen LogP contribution in [0, 0.1) is 0 Å². The van der Waals surface area contributed by atoms with Gasteiger partial charge in [-0.15, -0.1) is 0 Å². The Bertz CT molecular complexity index is 595. The molecular formula is C13H13BrN2O3. The molecule has 0 atom stereocenters. The van der Waals surface area contributed by atoms with E-state index in [9.17, 15) is 4.79 Å². The molecule has 0 N–H and O–H groups in total. The van der Waals surface area contributed by atoms with Gasteiger partial charge < -0.3 is 14.0 Å². The summed E-state index contributed by atoms with van der Waals surface area (Å²) in [4.78, 5) is 15.6. The third kappa shape index (κ3) is 2.96. The van der Waals surface area contributed by atoms with Crippen LogP contribution in [0.2, 0.25) is 0 Å². The standard InChI is InChI=1S/C13H13BrN2O3/c1-3-19-13(17)11-7-16(8-15-11)9-4-5-10(14)12(6-9)18-2/h4-8H,3H2,1-2H3. The molecule has 0 aliphatic rings. The molecule has 19 heavy (non-hydrogen) atoms. The Labute approximate surface area is 119 Å². The number of imidazole rings is 1. The smallest absolute Gasteiger partial charge is 0.358 e. The van der Waals surface area contributed by atoms with Crippen molar-refractivity contribution in [3.05, 3.63) is 40.9 Å². The molecule has 0 aliphatic heterocycles. The van der Waals surface area contributed by atoms with E-state index in [1.54, 1.807) is 31.1 Å². The van der Waals surface area contributed by atoms with Crippen LogP contribution in [-0.4, -0.2) is 29.2 Å². The van der Waals surface area contributed by atoms with Gasteiger partial charge in [0, 0.05) is 12.3 Å². The first-order chi connectivity index (χ1) is 9.15. The Kier molecular flexibility index (Phi) is 4.21. The Morgan fingerprint density at radius 1 is 1.47 bits per heavy atom. The quantitative estimate of drug-likeness (QED) is 0.811. The van der Waals surface area contributed by atoms with Gasteiger partial charge >= 0.3 is 5.97 Å². The Hall–Kier alpha value is -1.82. The fourth-order valence-electron chi connectivity index (χ4n) is 1.58. The maximum absolute atomic E-state index is 11.5. The van der Waals surface area contributed by atoms with Gasteiger partial charge in [-0.2, -0.15) is 0 Å². The Morgan fingerprint density at radius 2 is 2.26 bits per heavy atom. The number of esters is 1. The van der Waals surface area contributed by atoms with Gasteiger partial charge in [-0.25, -0.2) is 9.78 Å². The predicted molar refractivity (Wildman–Crippen MR) is 73.8 cm³/mol. The van der Waals surface area contributed by atoms with Crippen LogP contribution < -0.4 is 4.74 Å². The molecule has 0 saturated carbocycles. The van der Waals surface area contributed by atoms with Crippen molar-refractivity contribution in [3.63, 3.8) is 0 Å². The number of methoxy groups -OCH3 is 1. The molecule has 2 rings (SSSR count). The fourth-order valence-corrected chi connectivity index (χ4v) is 1.99. The van der Waals surface area contributed by atoms with Crippen molar-refractivity contribution in [2.45, 2.75) is 6.92 Å². The van der Waals surface area contributed by atoms with Crippen molar-refractivity contribution >= 4 is 21.9 Å².